The van der Waals surface area contributed by atoms with Crippen LogP contribution < -0.4 is 5.46 Å². The van der Waals surface area contributed by atoms with Gasteiger partial charge in [-0.15, -0.1) is 11.3 Å². The first-order valence-electron chi connectivity index (χ1n) is 3.83. The number of rotatable bonds is 1. The second-order valence-electron chi connectivity index (χ2n) is 2.80. The lowest BCUT2D eigenvalue weighted by Crippen LogP contribution is -2.30. The van der Waals surface area contributed by atoms with E-state index in [4.69, 9.17) is 10.0 Å². The standard InChI is InChI=1S/C8H5BFIO2S/c10-7-3-4-5(9(12)13)1-2-6(11)8(4)14-7/h1-3,12-13H. The molecule has 0 aliphatic heterocycles. The van der Waals surface area contributed by atoms with Gasteiger partial charge in [0.05, 0.1) is 4.70 Å². The van der Waals surface area contributed by atoms with Crippen LogP contribution in [0.3, 0.4) is 0 Å². The van der Waals surface area contributed by atoms with Crippen molar-refractivity contribution in [1.29, 1.82) is 0 Å². The molecule has 0 radical (unpaired) electrons. The molecule has 72 valence electrons. The van der Waals surface area contributed by atoms with Gasteiger partial charge in [-0.05, 0) is 45.6 Å². The molecule has 1 aromatic carbocycles. The van der Waals surface area contributed by atoms with Crippen LogP contribution in [0.15, 0.2) is 18.2 Å². The van der Waals surface area contributed by atoms with Crippen LogP contribution in [0.1, 0.15) is 0 Å². The third-order valence-corrected chi connectivity index (χ3v) is 4.14. The largest absolute Gasteiger partial charge is 0.489 e. The van der Waals surface area contributed by atoms with Crippen molar-refractivity contribution in [3.8, 4) is 0 Å². The van der Waals surface area contributed by atoms with E-state index >= 15 is 0 Å². The van der Waals surface area contributed by atoms with Crippen molar-refractivity contribution in [2.75, 3.05) is 0 Å². The zero-order chi connectivity index (χ0) is 10.3. The van der Waals surface area contributed by atoms with Crippen LogP contribution in [-0.4, -0.2) is 17.2 Å². The van der Waals surface area contributed by atoms with Gasteiger partial charge in [-0.1, -0.05) is 6.07 Å². The third-order valence-electron chi connectivity index (χ3n) is 1.92. The molecule has 0 unspecified atom stereocenters. The van der Waals surface area contributed by atoms with Gasteiger partial charge in [0.1, 0.15) is 0 Å². The van der Waals surface area contributed by atoms with Crippen molar-refractivity contribution < 1.29 is 14.4 Å². The van der Waals surface area contributed by atoms with Crippen LogP contribution in [-0.2, 0) is 0 Å². The SMILES string of the molecule is OB(O)c1ccc(I)c2sc(F)cc12. The molecule has 0 spiro atoms. The second kappa shape index (κ2) is 3.76. The maximum atomic E-state index is 13.0. The molecule has 0 aliphatic carbocycles. The third kappa shape index (κ3) is 1.67. The van der Waals surface area contributed by atoms with Crippen LogP contribution in [0.5, 0.6) is 0 Å². The van der Waals surface area contributed by atoms with Crippen LogP contribution in [0.4, 0.5) is 4.39 Å². The summed E-state index contributed by atoms with van der Waals surface area (Å²) >= 11 is 3.11. The zero-order valence-corrected chi connectivity index (χ0v) is 9.84. The maximum Gasteiger partial charge on any atom is 0.489 e. The van der Waals surface area contributed by atoms with Crippen LogP contribution in [0, 0.1) is 8.70 Å². The Morgan fingerprint density at radius 1 is 1.36 bits per heavy atom. The minimum Gasteiger partial charge on any atom is -0.423 e. The number of fused-ring (bicyclic) bond motifs is 1. The highest BCUT2D eigenvalue weighted by Crippen LogP contribution is 2.27. The Morgan fingerprint density at radius 2 is 2.07 bits per heavy atom. The lowest BCUT2D eigenvalue weighted by atomic mass is 9.78. The Bertz CT molecular complexity index is 485. The summed E-state index contributed by atoms with van der Waals surface area (Å²) in [5, 5.41) is 18.4. The topological polar surface area (TPSA) is 40.5 Å². The van der Waals surface area contributed by atoms with Gasteiger partial charge in [0.2, 0.25) is 0 Å². The fourth-order valence-electron chi connectivity index (χ4n) is 1.31. The summed E-state index contributed by atoms with van der Waals surface area (Å²) < 4.78 is 14.7. The molecule has 14 heavy (non-hydrogen) atoms. The van der Waals surface area contributed by atoms with E-state index in [-0.39, 0.29) is 5.13 Å². The van der Waals surface area contributed by atoms with E-state index in [0.717, 1.165) is 19.6 Å². The Labute approximate surface area is 97.7 Å². The minimum atomic E-state index is -1.55. The first-order chi connectivity index (χ1) is 6.59. The maximum absolute atomic E-state index is 13.0. The summed E-state index contributed by atoms with van der Waals surface area (Å²) in [6, 6.07) is 4.67. The van der Waals surface area contributed by atoms with Crippen molar-refractivity contribution in [3.05, 3.63) is 26.9 Å². The van der Waals surface area contributed by atoms with E-state index in [1.54, 1.807) is 12.1 Å². The van der Waals surface area contributed by atoms with E-state index in [1.807, 2.05) is 0 Å². The Kier molecular flexibility index (Phi) is 2.78. The highest BCUT2D eigenvalue weighted by molar-refractivity contribution is 14.1. The summed E-state index contributed by atoms with van der Waals surface area (Å²) in [4.78, 5) is 0. The molecule has 2 nitrogen and oxygen atoms in total. The summed E-state index contributed by atoms with van der Waals surface area (Å²) in [7, 11) is -1.55. The molecular weight excluding hydrogens is 317 g/mol. The van der Waals surface area contributed by atoms with Crippen molar-refractivity contribution in [2.45, 2.75) is 0 Å². The van der Waals surface area contributed by atoms with Crippen LogP contribution in [0.2, 0.25) is 0 Å². The number of hydrogen-bond donors (Lipinski definition) is 2. The predicted molar refractivity (Wildman–Crippen MR) is 64.3 cm³/mol. The van der Waals surface area contributed by atoms with Gasteiger partial charge in [0.25, 0.3) is 0 Å². The van der Waals surface area contributed by atoms with Gasteiger partial charge in [-0.25, -0.2) is 0 Å². The molecule has 1 heterocycles. The van der Waals surface area contributed by atoms with Gasteiger partial charge < -0.3 is 10.0 Å². The number of hydrogen-bond acceptors (Lipinski definition) is 3. The highest BCUT2D eigenvalue weighted by atomic mass is 127. The molecule has 0 fully saturated rings. The Balaban J connectivity index is 2.81. The fraction of sp³-hybridized carbons (Fsp3) is 0. The number of benzene rings is 1. The predicted octanol–water partition coefficient (Wildman–Crippen LogP) is 1.32. The van der Waals surface area contributed by atoms with Crippen LogP contribution in [0.25, 0.3) is 10.1 Å². The molecule has 0 atom stereocenters. The monoisotopic (exact) mass is 322 g/mol. The minimum absolute atomic E-state index is 0.314. The van der Waals surface area contributed by atoms with E-state index < -0.39 is 7.12 Å². The van der Waals surface area contributed by atoms with E-state index in [1.165, 1.54) is 6.07 Å². The molecule has 6 heteroatoms. The molecular formula is C8H5BFIO2S. The highest BCUT2D eigenvalue weighted by Gasteiger charge is 2.17. The molecule has 2 rings (SSSR count). The smallest absolute Gasteiger partial charge is 0.423 e. The summed E-state index contributed by atoms with van der Waals surface area (Å²) in [5.74, 6) is 0. The Hall–Kier alpha value is -0.175. The van der Waals surface area contributed by atoms with Crippen molar-refractivity contribution in [2.24, 2.45) is 0 Å². The van der Waals surface area contributed by atoms with Gasteiger partial charge >= 0.3 is 7.12 Å². The molecule has 0 aliphatic rings. The summed E-state index contributed by atoms with van der Waals surface area (Å²) in [6.45, 7) is 0. The normalized spacial score (nSPS) is 10.9. The number of halogens is 2. The van der Waals surface area contributed by atoms with Crippen molar-refractivity contribution >= 4 is 56.6 Å². The molecule has 0 bridgehead atoms. The van der Waals surface area contributed by atoms with E-state index in [2.05, 4.69) is 22.6 Å². The van der Waals surface area contributed by atoms with Gasteiger partial charge in [0, 0.05) is 3.57 Å². The fourth-order valence-corrected chi connectivity index (χ4v) is 2.93. The summed E-state index contributed by atoms with van der Waals surface area (Å²) in [6.07, 6.45) is 0. The quantitative estimate of drug-likeness (QED) is 0.614. The average molecular weight is 322 g/mol. The van der Waals surface area contributed by atoms with E-state index in [0.29, 0.717) is 10.8 Å². The van der Waals surface area contributed by atoms with E-state index in [9.17, 15) is 4.39 Å². The first kappa shape index (κ1) is 10.3. The summed E-state index contributed by atoms with van der Waals surface area (Å²) in [5.41, 5.74) is 0.348. The molecule has 2 aromatic rings. The van der Waals surface area contributed by atoms with Gasteiger partial charge in [0.15, 0.2) is 5.13 Å². The number of thiophene rings is 1. The lowest BCUT2D eigenvalue weighted by molar-refractivity contribution is 0.426. The molecule has 0 saturated carbocycles. The molecule has 0 amide bonds. The average Bonchev–Trinajstić information content (AvgIpc) is 2.47. The van der Waals surface area contributed by atoms with Crippen molar-refractivity contribution in [3.63, 3.8) is 0 Å². The molecule has 0 saturated heterocycles. The van der Waals surface area contributed by atoms with Crippen LogP contribution >= 0.6 is 33.9 Å². The van der Waals surface area contributed by atoms with Crippen molar-refractivity contribution in [1.82, 2.24) is 0 Å². The Morgan fingerprint density at radius 3 is 2.71 bits per heavy atom. The van der Waals surface area contributed by atoms with Gasteiger partial charge in [-0.2, -0.15) is 4.39 Å². The zero-order valence-electron chi connectivity index (χ0n) is 6.87. The molecule has 1 aromatic heterocycles. The second-order valence-corrected chi connectivity index (χ2v) is 4.97. The van der Waals surface area contributed by atoms with Gasteiger partial charge in [-0.3, -0.25) is 0 Å². The molecule has 2 N–H and O–H groups in total. The first-order valence-corrected chi connectivity index (χ1v) is 5.72. The lowest BCUT2D eigenvalue weighted by Gasteiger charge is -2.01.